The molecule has 24 heavy (non-hydrogen) atoms. The molecule has 128 valence electrons. The molecule has 2 aromatic carbocycles. The Labute approximate surface area is 145 Å². The molecule has 0 aromatic heterocycles. The first-order valence-electron chi connectivity index (χ1n) is 7.20. The van der Waals surface area contributed by atoms with Gasteiger partial charge in [-0.15, -0.1) is 0 Å². The number of rotatable bonds is 7. The van der Waals surface area contributed by atoms with E-state index in [1.807, 2.05) is 0 Å². The summed E-state index contributed by atoms with van der Waals surface area (Å²) in [5, 5.41) is 11.6. The number of carbonyl (C=O) groups excluding carboxylic acids is 1. The molecule has 0 aliphatic rings. The Morgan fingerprint density at radius 2 is 1.88 bits per heavy atom. The number of hydrogen-bond donors (Lipinski definition) is 3. The minimum Gasteiger partial charge on any atom is -0.396 e. The van der Waals surface area contributed by atoms with Gasteiger partial charge in [-0.05, 0) is 36.8 Å². The summed E-state index contributed by atoms with van der Waals surface area (Å²) in [5.74, 6) is -0.404. The van der Waals surface area contributed by atoms with Gasteiger partial charge in [-0.1, -0.05) is 29.8 Å². The number of aliphatic hydroxyl groups is 1. The van der Waals surface area contributed by atoms with Crippen molar-refractivity contribution >= 4 is 33.2 Å². The van der Waals surface area contributed by atoms with Gasteiger partial charge in [0, 0.05) is 18.7 Å². The van der Waals surface area contributed by atoms with Crippen LogP contribution < -0.4 is 10.0 Å². The molecule has 0 fully saturated rings. The van der Waals surface area contributed by atoms with Crippen LogP contribution in [-0.4, -0.2) is 32.6 Å². The fraction of sp³-hybridized carbons (Fsp3) is 0.188. The van der Waals surface area contributed by atoms with Gasteiger partial charge in [0.2, 0.25) is 0 Å². The number of aliphatic hydroxyl groups excluding tert-OH is 1. The smallest absolute Gasteiger partial charge is 0.261 e. The van der Waals surface area contributed by atoms with Crippen LogP contribution in [0.2, 0.25) is 5.02 Å². The van der Waals surface area contributed by atoms with Gasteiger partial charge in [0.25, 0.3) is 15.9 Å². The van der Waals surface area contributed by atoms with Crippen molar-refractivity contribution in [2.75, 3.05) is 17.9 Å². The third kappa shape index (κ3) is 4.70. The van der Waals surface area contributed by atoms with Gasteiger partial charge < -0.3 is 10.4 Å². The first-order valence-corrected chi connectivity index (χ1v) is 9.06. The highest BCUT2D eigenvalue weighted by Crippen LogP contribution is 2.24. The Morgan fingerprint density at radius 1 is 1.12 bits per heavy atom. The predicted octanol–water partition coefficient (Wildman–Crippen LogP) is 2.25. The Balaban J connectivity index is 2.20. The molecular weight excluding hydrogens is 352 g/mol. The summed E-state index contributed by atoms with van der Waals surface area (Å²) in [6.07, 6.45) is 0.428. The van der Waals surface area contributed by atoms with E-state index in [2.05, 4.69) is 10.0 Å². The summed E-state index contributed by atoms with van der Waals surface area (Å²) in [7, 11) is -3.87. The largest absolute Gasteiger partial charge is 0.396 e. The van der Waals surface area contributed by atoms with Crippen LogP contribution in [-0.2, 0) is 10.0 Å². The van der Waals surface area contributed by atoms with E-state index in [0.717, 1.165) is 0 Å². The van der Waals surface area contributed by atoms with Crippen LogP contribution in [0.3, 0.4) is 0 Å². The van der Waals surface area contributed by atoms with Gasteiger partial charge in [0.15, 0.2) is 0 Å². The van der Waals surface area contributed by atoms with Gasteiger partial charge in [0.1, 0.15) is 0 Å². The Bertz CT molecular complexity index is 824. The topological polar surface area (TPSA) is 95.5 Å². The molecule has 0 aliphatic heterocycles. The summed E-state index contributed by atoms with van der Waals surface area (Å²) >= 11 is 5.96. The van der Waals surface area contributed by atoms with Gasteiger partial charge in [-0.2, -0.15) is 0 Å². The summed E-state index contributed by atoms with van der Waals surface area (Å²) in [5.41, 5.74) is 0.479. The van der Waals surface area contributed by atoms with Crippen LogP contribution in [0.5, 0.6) is 0 Å². The summed E-state index contributed by atoms with van der Waals surface area (Å²) in [6, 6.07) is 12.2. The zero-order valence-corrected chi connectivity index (χ0v) is 14.3. The zero-order chi connectivity index (χ0) is 17.6. The Kier molecular flexibility index (Phi) is 6.19. The minimum atomic E-state index is -3.87. The van der Waals surface area contributed by atoms with Crippen molar-refractivity contribution in [3.05, 3.63) is 59.1 Å². The van der Waals surface area contributed by atoms with E-state index in [1.54, 1.807) is 24.3 Å². The summed E-state index contributed by atoms with van der Waals surface area (Å²) in [6.45, 7) is 0.278. The molecule has 1 amide bonds. The highest BCUT2D eigenvalue weighted by Gasteiger charge is 2.17. The molecule has 0 unspecified atom stereocenters. The molecule has 0 bridgehead atoms. The first kappa shape index (κ1) is 18.3. The van der Waals surface area contributed by atoms with Crippen molar-refractivity contribution in [3.8, 4) is 0 Å². The zero-order valence-electron chi connectivity index (χ0n) is 12.7. The van der Waals surface area contributed by atoms with Crippen LogP contribution in [0.4, 0.5) is 5.69 Å². The summed E-state index contributed by atoms with van der Waals surface area (Å²) < 4.78 is 27.3. The highest BCUT2D eigenvalue weighted by atomic mass is 35.5. The highest BCUT2D eigenvalue weighted by molar-refractivity contribution is 7.92. The molecule has 0 aliphatic carbocycles. The standard InChI is InChI=1S/C16H17ClN2O4S/c17-14-7-1-2-8-15(14)19-24(22,23)13-6-3-5-12(11-13)16(21)18-9-4-10-20/h1-3,5-8,11,19-20H,4,9-10H2,(H,18,21). The second kappa shape index (κ2) is 8.14. The number of halogens is 1. The SMILES string of the molecule is O=C(NCCCO)c1cccc(S(=O)(=O)Nc2ccccc2Cl)c1. The Hall–Kier alpha value is -2.09. The lowest BCUT2D eigenvalue weighted by atomic mass is 10.2. The lowest BCUT2D eigenvalue weighted by molar-refractivity contribution is 0.0951. The molecule has 0 saturated heterocycles. The molecule has 3 N–H and O–H groups in total. The van der Waals surface area contributed by atoms with E-state index in [-0.39, 0.29) is 27.8 Å². The Morgan fingerprint density at radius 3 is 2.58 bits per heavy atom. The van der Waals surface area contributed by atoms with E-state index in [4.69, 9.17) is 16.7 Å². The van der Waals surface area contributed by atoms with Crippen molar-refractivity contribution in [2.24, 2.45) is 0 Å². The van der Waals surface area contributed by atoms with Crippen LogP contribution >= 0.6 is 11.6 Å². The predicted molar refractivity (Wildman–Crippen MR) is 92.7 cm³/mol. The molecule has 0 heterocycles. The van der Waals surface area contributed by atoms with E-state index in [0.29, 0.717) is 13.0 Å². The fourth-order valence-corrected chi connectivity index (χ4v) is 3.30. The maximum absolute atomic E-state index is 12.5. The average Bonchev–Trinajstić information content (AvgIpc) is 2.57. The molecule has 6 nitrogen and oxygen atoms in total. The number of anilines is 1. The number of benzene rings is 2. The fourth-order valence-electron chi connectivity index (χ4n) is 1.94. The van der Waals surface area contributed by atoms with Gasteiger partial charge in [0.05, 0.1) is 15.6 Å². The molecule has 2 aromatic rings. The molecule has 0 radical (unpaired) electrons. The van der Waals surface area contributed by atoms with Crippen LogP contribution in [0.25, 0.3) is 0 Å². The first-order chi connectivity index (χ1) is 11.4. The van der Waals surface area contributed by atoms with Crippen LogP contribution in [0, 0.1) is 0 Å². The molecule has 8 heteroatoms. The number of para-hydroxylation sites is 1. The van der Waals surface area contributed by atoms with Crippen molar-refractivity contribution in [1.29, 1.82) is 0 Å². The number of carbonyl (C=O) groups is 1. The average molecular weight is 369 g/mol. The van der Waals surface area contributed by atoms with E-state index in [1.165, 1.54) is 24.3 Å². The third-order valence-electron chi connectivity index (χ3n) is 3.15. The third-order valence-corrected chi connectivity index (χ3v) is 4.84. The number of nitrogens with one attached hydrogen (secondary N) is 2. The van der Waals surface area contributed by atoms with Crippen LogP contribution in [0.15, 0.2) is 53.4 Å². The van der Waals surface area contributed by atoms with Crippen molar-refractivity contribution in [3.63, 3.8) is 0 Å². The summed E-state index contributed by atoms with van der Waals surface area (Å²) in [4.78, 5) is 11.9. The van der Waals surface area contributed by atoms with Crippen molar-refractivity contribution in [2.45, 2.75) is 11.3 Å². The monoisotopic (exact) mass is 368 g/mol. The van der Waals surface area contributed by atoms with Crippen molar-refractivity contribution in [1.82, 2.24) is 5.32 Å². The lowest BCUT2D eigenvalue weighted by Gasteiger charge is -2.10. The van der Waals surface area contributed by atoms with Gasteiger partial charge in [-0.3, -0.25) is 9.52 Å². The van der Waals surface area contributed by atoms with E-state index in [9.17, 15) is 13.2 Å². The second-order valence-corrected chi connectivity index (χ2v) is 7.04. The maximum Gasteiger partial charge on any atom is 0.261 e. The van der Waals surface area contributed by atoms with Crippen LogP contribution in [0.1, 0.15) is 16.8 Å². The lowest BCUT2D eigenvalue weighted by Crippen LogP contribution is -2.25. The van der Waals surface area contributed by atoms with Crippen molar-refractivity contribution < 1.29 is 18.3 Å². The number of sulfonamides is 1. The van der Waals surface area contributed by atoms with Gasteiger partial charge in [-0.25, -0.2) is 8.42 Å². The minimum absolute atomic E-state index is 0.0313. The van der Waals surface area contributed by atoms with E-state index >= 15 is 0 Å². The quantitative estimate of drug-likeness (QED) is 0.653. The molecule has 0 atom stereocenters. The van der Waals surface area contributed by atoms with E-state index < -0.39 is 15.9 Å². The normalized spacial score (nSPS) is 11.1. The van der Waals surface area contributed by atoms with Gasteiger partial charge >= 0.3 is 0 Å². The second-order valence-electron chi connectivity index (χ2n) is 4.95. The molecule has 2 rings (SSSR count). The number of amides is 1. The molecule has 0 spiro atoms. The number of hydrogen-bond acceptors (Lipinski definition) is 4. The maximum atomic E-state index is 12.5. The molecule has 0 saturated carbocycles. The molecular formula is C16H17ClN2O4S.